The third-order valence-electron chi connectivity index (χ3n) is 5.44. The fraction of sp³-hybridized carbons (Fsp3) is 0.812. The van der Waals surface area contributed by atoms with Gasteiger partial charge in [0.15, 0.2) is 5.11 Å². The fourth-order valence-corrected chi connectivity index (χ4v) is 4.14. The molecule has 0 radical (unpaired) electrons. The maximum absolute atomic E-state index is 12.7. The lowest BCUT2D eigenvalue weighted by molar-refractivity contribution is -0.133. The highest BCUT2D eigenvalue weighted by atomic mass is 32.1. The summed E-state index contributed by atoms with van der Waals surface area (Å²) >= 11 is 5.29. The minimum Gasteiger partial charge on any atom is -0.359 e. The molecule has 3 aliphatic rings. The monoisotopic (exact) mass is 338 g/mol. The minimum absolute atomic E-state index is 0.192. The quantitative estimate of drug-likeness (QED) is 0.532. The number of hydrogen-bond donors (Lipinski definition) is 3. The molecule has 0 aromatic carbocycles. The van der Waals surface area contributed by atoms with E-state index in [4.69, 9.17) is 12.2 Å². The Morgan fingerprint density at radius 3 is 2.48 bits per heavy atom. The van der Waals surface area contributed by atoms with Crippen LogP contribution in [0.3, 0.4) is 0 Å². The van der Waals surface area contributed by atoms with Gasteiger partial charge in [-0.3, -0.25) is 10.2 Å². The maximum atomic E-state index is 12.7. The van der Waals surface area contributed by atoms with Crippen molar-refractivity contribution < 1.29 is 9.59 Å². The molecule has 0 bridgehead atoms. The summed E-state index contributed by atoms with van der Waals surface area (Å²) in [6.45, 7) is 2.19. The normalized spacial score (nSPS) is 32.0. The van der Waals surface area contributed by atoms with E-state index in [-0.39, 0.29) is 5.91 Å². The Morgan fingerprint density at radius 2 is 1.83 bits per heavy atom. The lowest BCUT2D eigenvalue weighted by Crippen LogP contribution is -2.54. The topological polar surface area (TPSA) is 73.5 Å². The summed E-state index contributed by atoms with van der Waals surface area (Å²) < 4.78 is 0. The zero-order valence-corrected chi connectivity index (χ0v) is 14.5. The molecule has 128 valence electrons. The van der Waals surface area contributed by atoms with Crippen LogP contribution in [0, 0.1) is 5.92 Å². The van der Waals surface area contributed by atoms with Crippen molar-refractivity contribution in [2.45, 2.75) is 76.3 Å². The zero-order valence-electron chi connectivity index (χ0n) is 13.7. The van der Waals surface area contributed by atoms with E-state index in [2.05, 4.69) is 23.0 Å². The van der Waals surface area contributed by atoms with Crippen molar-refractivity contribution in [3.8, 4) is 0 Å². The summed E-state index contributed by atoms with van der Waals surface area (Å²) in [5.74, 6) is 0.420. The molecule has 3 N–H and O–H groups in total. The highest BCUT2D eigenvalue weighted by Gasteiger charge is 2.52. The number of hydrogen-bond acceptors (Lipinski definition) is 3. The van der Waals surface area contributed by atoms with Gasteiger partial charge in [0.1, 0.15) is 5.54 Å². The largest absolute Gasteiger partial charge is 0.359 e. The number of rotatable bonds is 2. The van der Waals surface area contributed by atoms with E-state index >= 15 is 0 Å². The Morgan fingerprint density at radius 1 is 1.17 bits per heavy atom. The number of thiocarbonyl (C=S) groups is 1. The first kappa shape index (κ1) is 16.5. The number of urea groups is 1. The Labute approximate surface area is 142 Å². The molecule has 0 unspecified atom stereocenters. The molecule has 0 aromatic heterocycles. The Kier molecular flexibility index (Phi) is 4.75. The van der Waals surface area contributed by atoms with Gasteiger partial charge >= 0.3 is 6.03 Å². The van der Waals surface area contributed by atoms with E-state index in [1.807, 2.05) is 0 Å². The first-order chi connectivity index (χ1) is 11.0. The van der Waals surface area contributed by atoms with Gasteiger partial charge in [-0.2, -0.15) is 5.01 Å². The summed E-state index contributed by atoms with van der Waals surface area (Å²) in [4.78, 5) is 24.9. The van der Waals surface area contributed by atoms with Crippen molar-refractivity contribution in [3.05, 3.63) is 0 Å². The first-order valence-corrected chi connectivity index (χ1v) is 9.15. The van der Waals surface area contributed by atoms with Crippen LogP contribution in [0.15, 0.2) is 0 Å². The first-order valence-electron chi connectivity index (χ1n) is 8.74. The van der Waals surface area contributed by atoms with Crippen molar-refractivity contribution in [2.24, 2.45) is 5.92 Å². The molecule has 7 heteroatoms. The van der Waals surface area contributed by atoms with Crippen LogP contribution in [-0.2, 0) is 4.79 Å². The van der Waals surface area contributed by atoms with E-state index in [0.717, 1.165) is 30.7 Å². The third-order valence-corrected chi connectivity index (χ3v) is 5.65. The molecule has 0 atom stereocenters. The number of imide groups is 1. The van der Waals surface area contributed by atoms with E-state index < -0.39 is 11.6 Å². The van der Waals surface area contributed by atoms with Gasteiger partial charge in [-0.25, -0.2) is 4.79 Å². The predicted molar refractivity (Wildman–Crippen MR) is 91.5 cm³/mol. The van der Waals surface area contributed by atoms with Crippen molar-refractivity contribution >= 4 is 29.3 Å². The molecule has 3 rings (SSSR count). The molecule has 1 saturated heterocycles. The van der Waals surface area contributed by atoms with E-state index in [0.29, 0.717) is 29.9 Å². The average Bonchev–Trinajstić information content (AvgIpc) is 2.76. The average molecular weight is 338 g/mol. The molecule has 1 spiro atoms. The molecule has 6 nitrogen and oxygen atoms in total. The third kappa shape index (κ3) is 3.44. The SMILES string of the molecule is CC1CCC2(CC1)NC(=O)N(NC(=S)NC1CCCCC1)C2=O. The van der Waals surface area contributed by atoms with Gasteiger partial charge in [-0.15, -0.1) is 0 Å². The van der Waals surface area contributed by atoms with Crippen molar-refractivity contribution in [1.82, 2.24) is 21.1 Å². The summed E-state index contributed by atoms with van der Waals surface area (Å²) in [7, 11) is 0. The molecular weight excluding hydrogens is 312 g/mol. The molecule has 3 fully saturated rings. The lowest BCUT2D eigenvalue weighted by Gasteiger charge is -2.33. The molecule has 23 heavy (non-hydrogen) atoms. The minimum atomic E-state index is -0.725. The number of nitrogens with one attached hydrogen (secondary N) is 3. The van der Waals surface area contributed by atoms with Crippen LogP contribution in [0.1, 0.15) is 64.7 Å². The molecule has 2 saturated carbocycles. The van der Waals surface area contributed by atoms with Gasteiger partial charge < -0.3 is 10.6 Å². The molecule has 1 heterocycles. The predicted octanol–water partition coefficient (Wildman–Crippen LogP) is 2.20. The highest BCUT2D eigenvalue weighted by Crippen LogP contribution is 2.35. The van der Waals surface area contributed by atoms with Crippen LogP contribution in [0.5, 0.6) is 0 Å². The van der Waals surface area contributed by atoms with Gasteiger partial charge in [-0.05, 0) is 56.7 Å². The van der Waals surface area contributed by atoms with Gasteiger partial charge in [0.25, 0.3) is 5.91 Å². The number of hydrazine groups is 1. The second-order valence-corrected chi connectivity index (χ2v) is 7.66. The van der Waals surface area contributed by atoms with Crippen LogP contribution >= 0.6 is 12.2 Å². The summed E-state index contributed by atoms with van der Waals surface area (Å²) in [6.07, 6.45) is 9.18. The van der Waals surface area contributed by atoms with Gasteiger partial charge in [0.2, 0.25) is 0 Å². The fourth-order valence-electron chi connectivity index (χ4n) is 3.88. The van der Waals surface area contributed by atoms with Crippen LogP contribution in [0.4, 0.5) is 4.79 Å². The smallest absolute Gasteiger partial charge is 0.344 e. The summed E-state index contributed by atoms with van der Waals surface area (Å²) in [5, 5.41) is 7.54. The van der Waals surface area contributed by atoms with Crippen molar-refractivity contribution in [2.75, 3.05) is 0 Å². The molecule has 3 amide bonds. The molecule has 1 aliphatic heterocycles. The second-order valence-electron chi connectivity index (χ2n) is 7.26. The van der Waals surface area contributed by atoms with Gasteiger partial charge in [0, 0.05) is 6.04 Å². The van der Waals surface area contributed by atoms with E-state index in [1.165, 1.54) is 19.3 Å². The molecular formula is C16H26N4O2S. The standard InChI is InChI=1S/C16H26N4O2S/c1-11-7-9-16(10-8-11)13(21)20(15(22)18-16)19-14(23)17-12-5-3-2-4-6-12/h11-12H,2-10H2,1H3,(H,18,22)(H2,17,19,23). The lowest BCUT2D eigenvalue weighted by atomic mass is 9.77. The summed E-state index contributed by atoms with van der Waals surface area (Å²) in [6, 6.07) is -0.0497. The van der Waals surface area contributed by atoms with E-state index in [9.17, 15) is 9.59 Å². The molecule has 0 aromatic rings. The maximum Gasteiger partial charge on any atom is 0.344 e. The van der Waals surface area contributed by atoms with Crippen LogP contribution in [-0.4, -0.2) is 33.6 Å². The van der Waals surface area contributed by atoms with Crippen LogP contribution in [0.25, 0.3) is 0 Å². The zero-order chi connectivity index (χ0) is 16.4. The van der Waals surface area contributed by atoms with E-state index in [1.54, 1.807) is 0 Å². The van der Waals surface area contributed by atoms with Crippen LogP contribution in [0.2, 0.25) is 0 Å². The number of amides is 3. The Hall–Kier alpha value is -1.37. The summed E-state index contributed by atoms with van der Waals surface area (Å²) in [5.41, 5.74) is 2.08. The Balaban J connectivity index is 1.58. The number of carbonyl (C=O) groups excluding carboxylic acids is 2. The number of carbonyl (C=O) groups is 2. The van der Waals surface area contributed by atoms with Gasteiger partial charge in [-0.1, -0.05) is 26.2 Å². The Bertz CT molecular complexity index is 496. The van der Waals surface area contributed by atoms with Crippen molar-refractivity contribution in [1.29, 1.82) is 0 Å². The van der Waals surface area contributed by atoms with Crippen LogP contribution < -0.4 is 16.1 Å². The second kappa shape index (κ2) is 6.63. The van der Waals surface area contributed by atoms with Gasteiger partial charge in [0.05, 0.1) is 0 Å². The molecule has 2 aliphatic carbocycles. The number of nitrogens with zero attached hydrogens (tertiary/aromatic N) is 1. The van der Waals surface area contributed by atoms with Crippen molar-refractivity contribution in [3.63, 3.8) is 0 Å². The highest BCUT2D eigenvalue weighted by molar-refractivity contribution is 7.80.